The van der Waals surface area contributed by atoms with Crippen LogP contribution >= 0.6 is 0 Å². The van der Waals surface area contributed by atoms with Crippen molar-refractivity contribution in [3.8, 4) is 0 Å². The SMILES string of the molecule is CC1(C)C(O)CC1NS(=O)(=O)c1cccc2ccccc12. The molecule has 2 aromatic carbocycles. The summed E-state index contributed by atoms with van der Waals surface area (Å²) >= 11 is 0. The van der Waals surface area contributed by atoms with Gasteiger partial charge in [0.2, 0.25) is 10.0 Å². The molecule has 4 nitrogen and oxygen atoms in total. The maximum absolute atomic E-state index is 12.7. The first-order valence-corrected chi connectivity index (χ1v) is 8.49. The van der Waals surface area contributed by atoms with Crippen LogP contribution in [0.4, 0.5) is 0 Å². The second-order valence-corrected chi connectivity index (χ2v) is 7.91. The number of fused-ring (bicyclic) bond motifs is 1. The third-order valence-electron chi connectivity index (χ3n) is 4.55. The van der Waals surface area contributed by atoms with Gasteiger partial charge in [-0.05, 0) is 17.9 Å². The number of aliphatic hydroxyl groups excluding tert-OH is 1. The van der Waals surface area contributed by atoms with Gasteiger partial charge in [0.15, 0.2) is 0 Å². The van der Waals surface area contributed by atoms with E-state index in [0.29, 0.717) is 11.8 Å². The molecule has 1 fully saturated rings. The molecule has 2 N–H and O–H groups in total. The lowest BCUT2D eigenvalue weighted by Gasteiger charge is -2.49. The van der Waals surface area contributed by atoms with Crippen LogP contribution in [0.5, 0.6) is 0 Å². The summed E-state index contributed by atoms with van der Waals surface area (Å²) in [6, 6.07) is 12.4. The lowest BCUT2D eigenvalue weighted by atomic mass is 9.65. The summed E-state index contributed by atoms with van der Waals surface area (Å²) < 4.78 is 28.0. The molecule has 2 unspecified atom stereocenters. The van der Waals surface area contributed by atoms with Gasteiger partial charge in [0.1, 0.15) is 0 Å². The topological polar surface area (TPSA) is 66.4 Å². The van der Waals surface area contributed by atoms with E-state index in [9.17, 15) is 13.5 Å². The molecule has 0 saturated heterocycles. The Balaban J connectivity index is 1.98. The van der Waals surface area contributed by atoms with E-state index in [0.717, 1.165) is 5.39 Å². The average Bonchev–Trinajstić information content (AvgIpc) is 2.46. The van der Waals surface area contributed by atoms with Gasteiger partial charge in [-0.15, -0.1) is 0 Å². The van der Waals surface area contributed by atoms with Gasteiger partial charge in [0, 0.05) is 16.8 Å². The molecule has 0 aliphatic heterocycles. The molecule has 0 spiro atoms. The third kappa shape index (κ3) is 2.35. The Morgan fingerprint density at radius 1 is 1.14 bits per heavy atom. The summed E-state index contributed by atoms with van der Waals surface area (Å²) in [5.41, 5.74) is -0.433. The minimum Gasteiger partial charge on any atom is -0.392 e. The largest absolute Gasteiger partial charge is 0.392 e. The standard InChI is InChI=1S/C16H19NO3S/c1-16(2)14(10-15(16)18)17-21(19,20)13-9-5-7-11-6-3-4-8-12(11)13/h3-9,14-15,17-18H,10H2,1-2H3. The van der Waals surface area contributed by atoms with Crippen LogP contribution in [0.3, 0.4) is 0 Å². The van der Waals surface area contributed by atoms with Crippen molar-refractivity contribution in [2.45, 2.75) is 37.3 Å². The first-order chi connectivity index (χ1) is 9.82. The lowest BCUT2D eigenvalue weighted by molar-refractivity contribution is -0.0645. The van der Waals surface area contributed by atoms with Gasteiger partial charge in [-0.3, -0.25) is 0 Å². The summed E-state index contributed by atoms with van der Waals surface area (Å²) in [5.74, 6) is 0. The summed E-state index contributed by atoms with van der Waals surface area (Å²) in [6.45, 7) is 3.74. The van der Waals surface area contributed by atoms with Gasteiger partial charge in [-0.2, -0.15) is 0 Å². The normalized spacial score (nSPS) is 24.7. The van der Waals surface area contributed by atoms with Crippen LogP contribution < -0.4 is 4.72 Å². The van der Waals surface area contributed by atoms with Gasteiger partial charge in [0.05, 0.1) is 11.0 Å². The second kappa shape index (κ2) is 4.80. The quantitative estimate of drug-likeness (QED) is 0.914. The average molecular weight is 305 g/mol. The second-order valence-electron chi connectivity index (χ2n) is 6.22. The number of aliphatic hydroxyl groups is 1. The first kappa shape index (κ1) is 14.5. The van der Waals surface area contributed by atoms with E-state index in [2.05, 4.69) is 4.72 Å². The summed E-state index contributed by atoms with van der Waals surface area (Å²) in [5, 5.41) is 11.4. The van der Waals surface area contributed by atoms with Crippen LogP contribution in [0.2, 0.25) is 0 Å². The Kier molecular flexibility index (Phi) is 3.31. The fourth-order valence-electron chi connectivity index (χ4n) is 2.78. The van der Waals surface area contributed by atoms with E-state index >= 15 is 0 Å². The molecule has 0 bridgehead atoms. The van der Waals surface area contributed by atoms with Crippen LogP contribution in [0, 0.1) is 5.41 Å². The van der Waals surface area contributed by atoms with Crippen molar-refractivity contribution in [1.82, 2.24) is 4.72 Å². The van der Waals surface area contributed by atoms with Crippen LogP contribution in [0.15, 0.2) is 47.4 Å². The molecule has 5 heteroatoms. The number of nitrogens with one attached hydrogen (secondary N) is 1. The molecule has 0 aromatic heterocycles. The fraction of sp³-hybridized carbons (Fsp3) is 0.375. The number of hydrogen-bond acceptors (Lipinski definition) is 3. The molecular formula is C16H19NO3S. The van der Waals surface area contributed by atoms with Crippen LogP contribution in [0.1, 0.15) is 20.3 Å². The first-order valence-electron chi connectivity index (χ1n) is 7.00. The molecule has 1 aliphatic carbocycles. The van der Waals surface area contributed by atoms with Gasteiger partial charge in [0.25, 0.3) is 0 Å². The molecule has 1 aliphatic rings. The Hall–Kier alpha value is -1.43. The van der Waals surface area contributed by atoms with Crippen molar-refractivity contribution in [3.05, 3.63) is 42.5 Å². The van der Waals surface area contributed by atoms with Crippen molar-refractivity contribution in [2.24, 2.45) is 5.41 Å². The molecule has 1 saturated carbocycles. The summed E-state index contributed by atoms with van der Waals surface area (Å²) in [4.78, 5) is 0.290. The number of benzene rings is 2. The molecular weight excluding hydrogens is 286 g/mol. The van der Waals surface area contributed by atoms with E-state index in [1.165, 1.54) is 0 Å². The van der Waals surface area contributed by atoms with Crippen molar-refractivity contribution in [2.75, 3.05) is 0 Å². The minimum absolute atomic E-state index is 0.239. The smallest absolute Gasteiger partial charge is 0.241 e. The van der Waals surface area contributed by atoms with E-state index < -0.39 is 21.5 Å². The van der Waals surface area contributed by atoms with E-state index in [1.54, 1.807) is 12.1 Å². The van der Waals surface area contributed by atoms with Gasteiger partial charge < -0.3 is 5.11 Å². The van der Waals surface area contributed by atoms with E-state index in [-0.39, 0.29) is 10.9 Å². The van der Waals surface area contributed by atoms with Crippen LogP contribution in [-0.2, 0) is 10.0 Å². The molecule has 2 atom stereocenters. The van der Waals surface area contributed by atoms with Gasteiger partial charge >= 0.3 is 0 Å². The Morgan fingerprint density at radius 2 is 1.81 bits per heavy atom. The van der Waals surface area contributed by atoms with Gasteiger partial charge in [-0.25, -0.2) is 13.1 Å². The maximum atomic E-state index is 12.7. The number of hydrogen-bond donors (Lipinski definition) is 2. The zero-order valence-electron chi connectivity index (χ0n) is 12.1. The van der Waals surface area contributed by atoms with Crippen molar-refractivity contribution in [3.63, 3.8) is 0 Å². The summed E-state index contributed by atoms with van der Waals surface area (Å²) in [7, 11) is -3.60. The predicted molar refractivity (Wildman–Crippen MR) is 82.5 cm³/mol. The molecule has 0 radical (unpaired) electrons. The number of rotatable bonds is 3. The van der Waals surface area contributed by atoms with Crippen molar-refractivity contribution < 1.29 is 13.5 Å². The van der Waals surface area contributed by atoms with E-state index in [4.69, 9.17) is 0 Å². The predicted octanol–water partition coefficient (Wildman–Crippen LogP) is 2.28. The maximum Gasteiger partial charge on any atom is 0.241 e. The Bertz CT molecular complexity index is 778. The van der Waals surface area contributed by atoms with Crippen molar-refractivity contribution in [1.29, 1.82) is 0 Å². The zero-order chi connectivity index (χ0) is 15.3. The molecule has 112 valence electrons. The highest BCUT2D eigenvalue weighted by Crippen LogP contribution is 2.41. The monoisotopic (exact) mass is 305 g/mol. The Morgan fingerprint density at radius 3 is 2.48 bits per heavy atom. The molecule has 3 rings (SSSR count). The molecule has 0 amide bonds. The van der Waals surface area contributed by atoms with Crippen LogP contribution in [0.25, 0.3) is 10.8 Å². The van der Waals surface area contributed by atoms with Crippen LogP contribution in [-0.4, -0.2) is 25.7 Å². The fourth-order valence-corrected chi connectivity index (χ4v) is 4.42. The van der Waals surface area contributed by atoms with Gasteiger partial charge in [-0.1, -0.05) is 50.2 Å². The lowest BCUT2D eigenvalue weighted by Crippen LogP contribution is -2.61. The van der Waals surface area contributed by atoms with Crippen molar-refractivity contribution >= 4 is 20.8 Å². The molecule has 0 heterocycles. The highest BCUT2D eigenvalue weighted by molar-refractivity contribution is 7.89. The minimum atomic E-state index is -3.60. The highest BCUT2D eigenvalue weighted by atomic mass is 32.2. The zero-order valence-corrected chi connectivity index (χ0v) is 12.9. The third-order valence-corrected chi connectivity index (χ3v) is 6.08. The highest BCUT2D eigenvalue weighted by Gasteiger charge is 2.49. The van der Waals surface area contributed by atoms with E-state index in [1.807, 2.05) is 44.2 Å². The molecule has 21 heavy (non-hydrogen) atoms. The summed E-state index contributed by atoms with van der Waals surface area (Å²) in [6.07, 6.45) is -0.00509. The molecule has 2 aromatic rings. The Labute approximate surface area is 124 Å². The number of sulfonamides is 1.